The van der Waals surface area contributed by atoms with Crippen molar-refractivity contribution in [3.63, 3.8) is 0 Å². The van der Waals surface area contributed by atoms with Gasteiger partial charge in [-0.2, -0.15) is 13.2 Å². The molecule has 5 nitrogen and oxygen atoms in total. The Morgan fingerprint density at radius 3 is 2.26 bits per heavy atom. The molecule has 0 spiro atoms. The molecule has 0 saturated carbocycles. The van der Waals surface area contributed by atoms with Crippen LogP contribution in [-0.4, -0.2) is 64.7 Å². The van der Waals surface area contributed by atoms with Gasteiger partial charge in [0.2, 0.25) is 5.60 Å². The van der Waals surface area contributed by atoms with Crippen molar-refractivity contribution in [2.24, 2.45) is 5.92 Å². The summed E-state index contributed by atoms with van der Waals surface area (Å²) in [5, 5.41) is 9.58. The van der Waals surface area contributed by atoms with Crippen molar-refractivity contribution in [2.45, 2.75) is 38.1 Å². The fourth-order valence-electron chi connectivity index (χ4n) is 3.27. The Morgan fingerprint density at radius 2 is 1.78 bits per heavy atom. The number of nitrogens with zero attached hydrogens (tertiary/aromatic N) is 2. The number of benzene rings is 1. The first-order chi connectivity index (χ1) is 12.4. The summed E-state index contributed by atoms with van der Waals surface area (Å²) >= 11 is 0. The van der Waals surface area contributed by atoms with Gasteiger partial charge in [0, 0.05) is 31.7 Å². The number of halogens is 4. The van der Waals surface area contributed by atoms with E-state index in [2.05, 4.69) is 0 Å². The molecule has 1 aromatic rings. The summed E-state index contributed by atoms with van der Waals surface area (Å²) in [5.74, 6) is -2.51. The number of piperidine rings is 1. The Morgan fingerprint density at radius 1 is 1.22 bits per heavy atom. The van der Waals surface area contributed by atoms with Crippen LogP contribution in [0.1, 0.15) is 30.6 Å². The maximum absolute atomic E-state index is 13.0. The van der Waals surface area contributed by atoms with Crippen molar-refractivity contribution >= 4 is 11.8 Å². The van der Waals surface area contributed by atoms with Crippen LogP contribution in [0.15, 0.2) is 24.3 Å². The van der Waals surface area contributed by atoms with Crippen molar-refractivity contribution in [3.8, 4) is 0 Å². The van der Waals surface area contributed by atoms with Gasteiger partial charge in [-0.25, -0.2) is 4.39 Å². The summed E-state index contributed by atoms with van der Waals surface area (Å²) < 4.78 is 51.7. The van der Waals surface area contributed by atoms with Crippen LogP contribution in [0.2, 0.25) is 0 Å². The van der Waals surface area contributed by atoms with Gasteiger partial charge >= 0.3 is 6.18 Å². The van der Waals surface area contributed by atoms with Crippen molar-refractivity contribution in [3.05, 3.63) is 35.6 Å². The fourth-order valence-corrected chi connectivity index (χ4v) is 3.27. The molecule has 1 aliphatic rings. The molecule has 1 aliphatic heterocycles. The van der Waals surface area contributed by atoms with Crippen LogP contribution in [-0.2, 0) is 4.79 Å². The molecule has 0 aliphatic carbocycles. The number of likely N-dealkylation sites (tertiary alicyclic amines) is 1. The molecule has 0 bridgehead atoms. The number of carbonyl (C=O) groups excluding carboxylic acids is 2. The quantitative estimate of drug-likeness (QED) is 0.807. The average molecular weight is 390 g/mol. The minimum atomic E-state index is -5.07. The highest BCUT2D eigenvalue weighted by atomic mass is 19.4. The number of hydrogen-bond acceptors (Lipinski definition) is 3. The lowest BCUT2D eigenvalue weighted by atomic mass is 9.90. The molecule has 2 amide bonds. The molecule has 1 N–H and O–H groups in total. The van der Waals surface area contributed by atoms with Gasteiger partial charge < -0.3 is 14.9 Å². The SMILES string of the molecule is C[C@@H]1CN(C(=O)C(C)(O)C(F)(F)F)CC[C@@H]1N(C)C(=O)c1ccc(F)cc1. The lowest BCUT2D eigenvalue weighted by Crippen LogP contribution is -2.60. The predicted octanol–water partition coefficient (Wildman–Crippen LogP) is 2.45. The van der Waals surface area contributed by atoms with Gasteiger partial charge in [-0.15, -0.1) is 0 Å². The first kappa shape index (κ1) is 21.1. The van der Waals surface area contributed by atoms with Crippen molar-refractivity contribution in [1.29, 1.82) is 0 Å². The van der Waals surface area contributed by atoms with E-state index in [-0.39, 0.29) is 37.4 Å². The van der Waals surface area contributed by atoms with E-state index in [0.29, 0.717) is 12.5 Å². The maximum Gasteiger partial charge on any atom is 0.426 e. The standard InChI is InChI=1S/C18H22F4N2O3/c1-11-10-24(16(26)17(2,27)18(20,21)22)9-8-14(11)23(3)15(25)12-4-6-13(19)7-5-12/h4-7,11,14,27H,8-10H2,1-3H3/t11-,14+,17?/m1/s1. The van der Waals surface area contributed by atoms with Gasteiger partial charge in [0.25, 0.3) is 11.8 Å². The van der Waals surface area contributed by atoms with Crippen LogP contribution >= 0.6 is 0 Å². The molecule has 9 heteroatoms. The zero-order chi connectivity index (χ0) is 20.6. The summed E-state index contributed by atoms with van der Waals surface area (Å²) in [7, 11) is 1.57. The normalized spacial score (nSPS) is 22.9. The molecule has 1 unspecified atom stereocenters. The smallest absolute Gasteiger partial charge is 0.373 e. The highest BCUT2D eigenvalue weighted by molar-refractivity contribution is 5.94. The van der Waals surface area contributed by atoms with Crippen LogP contribution in [0.25, 0.3) is 0 Å². The minimum Gasteiger partial charge on any atom is -0.373 e. The van der Waals surface area contributed by atoms with Crippen LogP contribution in [0, 0.1) is 11.7 Å². The van der Waals surface area contributed by atoms with E-state index in [1.807, 2.05) is 0 Å². The number of carbonyl (C=O) groups is 2. The molecule has 1 heterocycles. The lowest BCUT2D eigenvalue weighted by molar-refractivity contribution is -0.251. The zero-order valence-electron chi connectivity index (χ0n) is 15.3. The van der Waals surface area contributed by atoms with E-state index in [1.54, 1.807) is 14.0 Å². The van der Waals surface area contributed by atoms with Crippen molar-refractivity contribution < 1.29 is 32.3 Å². The second-order valence-electron chi connectivity index (χ2n) is 7.08. The van der Waals surface area contributed by atoms with Gasteiger partial charge in [0.15, 0.2) is 0 Å². The molecular weight excluding hydrogens is 368 g/mol. The number of hydrogen-bond donors (Lipinski definition) is 1. The molecule has 0 radical (unpaired) electrons. The highest BCUT2D eigenvalue weighted by Gasteiger charge is 2.57. The van der Waals surface area contributed by atoms with Crippen LogP contribution < -0.4 is 0 Å². The molecule has 27 heavy (non-hydrogen) atoms. The Kier molecular flexibility index (Phi) is 5.84. The molecule has 2 rings (SSSR count). The third-order valence-corrected chi connectivity index (χ3v) is 5.02. The van der Waals surface area contributed by atoms with E-state index < -0.39 is 23.5 Å². The van der Waals surface area contributed by atoms with Gasteiger partial charge in [-0.3, -0.25) is 9.59 Å². The Bertz CT molecular complexity index is 704. The number of amides is 2. The monoisotopic (exact) mass is 390 g/mol. The Balaban J connectivity index is 2.07. The molecule has 0 aromatic heterocycles. The average Bonchev–Trinajstić information content (AvgIpc) is 2.59. The summed E-state index contributed by atoms with van der Waals surface area (Å²) in [5.41, 5.74) is -3.15. The maximum atomic E-state index is 13.0. The zero-order valence-corrected chi connectivity index (χ0v) is 15.3. The molecule has 1 saturated heterocycles. The second-order valence-corrected chi connectivity index (χ2v) is 7.08. The van der Waals surface area contributed by atoms with Gasteiger partial charge in [-0.1, -0.05) is 6.92 Å². The van der Waals surface area contributed by atoms with Gasteiger partial charge in [0.05, 0.1) is 0 Å². The van der Waals surface area contributed by atoms with E-state index in [1.165, 1.54) is 29.2 Å². The van der Waals surface area contributed by atoms with Crippen LogP contribution in [0.3, 0.4) is 0 Å². The van der Waals surface area contributed by atoms with E-state index in [4.69, 9.17) is 0 Å². The first-order valence-electron chi connectivity index (χ1n) is 8.47. The molecule has 1 aromatic carbocycles. The highest BCUT2D eigenvalue weighted by Crippen LogP contribution is 2.33. The first-order valence-corrected chi connectivity index (χ1v) is 8.47. The third kappa shape index (κ3) is 4.23. The minimum absolute atomic E-state index is 0.0128. The molecule has 1 fully saturated rings. The van der Waals surface area contributed by atoms with Crippen molar-refractivity contribution in [2.75, 3.05) is 20.1 Å². The molecular formula is C18H22F4N2O3. The largest absolute Gasteiger partial charge is 0.426 e. The van der Waals surface area contributed by atoms with E-state index in [9.17, 15) is 32.3 Å². The molecule has 3 atom stereocenters. The van der Waals surface area contributed by atoms with E-state index >= 15 is 0 Å². The molecule has 150 valence electrons. The number of alkyl halides is 3. The summed E-state index contributed by atoms with van der Waals surface area (Å²) in [6.07, 6.45) is -4.80. The number of aliphatic hydroxyl groups is 1. The fraction of sp³-hybridized carbons (Fsp3) is 0.556. The summed E-state index contributed by atoms with van der Waals surface area (Å²) in [6, 6.07) is 4.76. The van der Waals surface area contributed by atoms with Crippen LogP contribution in [0.5, 0.6) is 0 Å². The third-order valence-electron chi connectivity index (χ3n) is 5.02. The predicted molar refractivity (Wildman–Crippen MR) is 89.3 cm³/mol. The summed E-state index contributed by atoms with van der Waals surface area (Å²) in [6.45, 7) is 2.13. The lowest BCUT2D eigenvalue weighted by Gasteiger charge is -2.43. The number of rotatable bonds is 3. The summed E-state index contributed by atoms with van der Waals surface area (Å²) in [4.78, 5) is 27.1. The van der Waals surface area contributed by atoms with Crippen molar-refractivity contribution in [1.82, 2.24) is 9.80 Å². The van der Waals surface area contributed by atoms with Gasteiger partial charge in [0.1, 0.15) is 5.82 Å². The second kappa shape index (κ2) is 7.46. The topological polar surface area (TPSA) is 60.9 Å². The van der Waals surface area contributed by atoms with E-state index in [0.717, 1.165) is 4.90 Å². The Labute approximate surface area is 154 Å². The van der Waals surface area contributed by atoms with Crippen LogP contribution in [0.4, 0.5) is 17.6 Å². The Hall–Kier alpha value is -2.16. The van der Waals surface area contributed by atoms with Gasteiger partial charge in [-0.05, 0) is 43.5 Å².